The van der Waals surface area contributed by atoms with Crippen molar-refractivity contribution in [1.29, 1.82) is 0 Å². The highest BCUT2D eigenvalue weighted by Crippen LogP contribution is 2.29. The first-order valence-electron chi connectivity index (χ1n) is 6.53. The van der Waals surface area contributed by atoms with Gasteiger partial charge in [-0.25, -0.2) is 9.78 Å². The molecule has 0 aromatic carbocycles. The Hall–Kier alpha value is -0.460. The SMILES string of the molecule is CC(C)(C)OC(=O)N1CC[C@@H](SCc2cnc(Cl)s2)C1. The van der Waals surface area contributed by atoms with E-state index in [0.29, 0.717) is 9.72 Å². The molecule has 0 N–H and O–H groups in total. The number of thiazole rings is 1. The van der Waals surface area contributed by atoms with E-state index in [0.717, 1.165) is 25.3 Å². The number of hydrogen-bond acceptors (Lipinski definition) is 5. The average Bonchev–Trinajstić information content (AvgIpc) is 2.93. The summed E-state index contributed by atoms with van der Waals surface area (Å²) < 4.78 is 5.97. The molecule has 112 valence electrons. The van der Waals surface area contributed by atoms with Crippen LogP contribution in [0.1, 0.15) is 32.1 Å². The first-order valence-corrected chi connectivity index (χ1v) is 8.77. The van der Waals surface area contributed by atoms with E-state index >= 15 is 0 Å². The van der Waals surface area contributed by atoms with Crippen LogP contribution >= 0.6 is 34.7 Å². The highest BCUT2D eigenvalue weighted by atomic mass is 35.5. The maximum absolute atomic E-state index is 12.0. The average molecular weight is 335 g/mol. The van der Waals surface area contributed by atoms with Gasteiger partial charge in [0.25, 0.3) is 0 Å². The van der Waals surface area contributed by atoms with E-state index in [1.165, 1.54) is 16.2 Å². The molecular weight excluding hydrogens is 316 g/mol. The van der Waals surface area contributed by atoms with Gasteiger partial charge < -0.3 is 9.64 Å². The number of halogens is 1. The molecule has 1 atom stereocenters. The first-order chi connectivity index (χ1) is 9.33. The molecule has 1 aromatic rings. The Morgan fingerprint density at radius 1 is 1.65 bits per heavy atom. The number of amides is 1. The summed E-state index contributed by atoms with van der Waals surface area (Å²) in [4.78, 5) is 19.0. The normalized spacial score (nSPS) is 19.4. The van der Waals surface area contributed by atoms with E-state index in [1.54, 1.807) is 4.90 Å². The molecule has 2 heterocycles. The predicted octanol–water partition coefficient (Wildman–Crippen LogP) is 4.04. The number of thioether (sulfide) groups is 1. The monoisotopic (exact) mass is 334 g/mol. The van der Waals surface area contributed by atoms with Gasteiger partial charge in [-0.3, -0.25) is 0 Å². The Bertz CT molecular complexity index is 473. The van der Waals surface area contributed by atoms with Crippen molar-refractivity contribution < 1.29 is 9.53 Å². The molecule has 1 aliphatic rings. The second-order valence-electron chi connectivity index (χ2n) is 5.73. The standard InChI is InChI=1S/C13H19ClN2O2S2/c1-13(2,3)18-12(17)16-5-4-9(7-16)19-8-10-6-15-11(14)20-10/h6,9H,4-5,7-8H2,1-3H3/t9-/m1/s1. The second kappa shape index (κ2) is 6.54. The van der Waals surface area contributed by atoms with Crippen molar-refractivity contribution in [2.24, 2.45) is 0 Å². The number of carbonyl (C=O) groups excluding carboxylic acids is 1. The molecular formula is C13H19ClN2O2S2. The zero-order chi connectivity index (χ0) is 14.8. The highest BCUT2D eigenvalue weighted by Gasteiger charge is 2.29. The van der Waals surface area contributed by atoms with Crippen molar-refractivity contribution in [3.05, 3.63) is 15.5 Å². The van der Waals surface area contributed by atoms with Gasteiger partial charge in [-0.1, -0.05) is 11.6 Å². The number of ether oxygens (including phenoxy) is 1. The minimum absolute atomic E-state index is 0.207. The molecule has 0 bridgehead atoms. The van der Waals surface area contributed by atoms with Gasteiger partial charge in [0.15, 0.2) is 4.47 Å². The molecule has 1 aromatic heterocycles. The van der Waals surface area contributed by atoms with Crippen LogP contribution in [-0.4, -0.2) is 39.9 Å². The second-order valence-corrected chi connectivity index (χ2v) is 8.71. The van der Waals surface area contributed by atoms with E-state index in [4.69, 9.17) is 16.3 Å². The minimum atomic E-state index is -0.429. The van der Waals surface area contributed by atoms with Crippen molar-refractivity contribution in [3.63, 3.8) is 0 Å². The summed E-state index contributed by atoms with van der Waals surface area (Å²) in [5.74, 6) is 0.900. The largest absolute Gasteiger partial charge is 0.444 e. The first kappa shape index (κ1) is 15.9. The van der Waals surface area contributed by atoms with Crippen LogP contribution in [-0.2, 0) is 10.5 Å². The zero-order valence-electron chi connectivity index (χ0n) is 11.9. The van der Waals surface area contributed by atoms with E-state index in [-0.39, 0.29) is 6.09 Å². The van der Waals surface area contributed by atoms with Crippen molar-refractivity contribution in [2.45, 2.75) is 43.8 Å². The molecule has 0 spiro atoms. The maximum Gasteiger partial charge on any atom is 0.410 e. The molecule has 1 aliphatic heterocycles. The summed E-state index contributed by atoms with van der Waals surface area (Å²) in [5, 5.41) is 0.461. The Morgan fingerprint density at radius 3 is 3.00 bits per heavy atom. The lowest BCUT2D eigenvalue weighted by atomic mass is 10.2. The summed E-state index contributed by atoms with van der Waals surface area (Å²) in [6.45, 7) is 7.20. The fraction of sp³-hybridized carbons (Fsp3) is 0.692. The number of hydrogen-bond donors (Lipinski definition) is 0. The summed E-state index contributed by atoms with van der Waals surface area (Å²) in [7, 11) is 0. The predicted molar refractivity (Wildman–Crippen MR) is 84.6 cm³/mol. The van der Waals surface area contributed by atoms with Gasteiger partial charge in [0.05, 0.1) is 0 Å². The number of nitrogens with zero attached hydrogens (tertiary/aromatic N) is 2. The minimum Gasteiger partial charge on any atom is -0.444 e. The Morgan fingerprint density at radius 2 is 2.40 bits per heavy atom. The summed E-state index contributed by atoms with van der Waals surface area (Å²) in [6.07, 6.45) is 2.62. The topological polar surface area (TPSA) is 42.4 Å². The van der Waals surface area contributed by atoms with Gasteiger partial charge in [-0.2, -0.15) is 11.8 Å². The van der Waals surface area contributed by atoms with Gasteiger partial charge in [0, 0.05) is 35.2 Å². The number of aromatic nitrogens is 1. The van der Waals surface area contributed by atoms with Crippen molar-refractivity contribution in [3.8, 4) is 0 Å². The molecule has 1 amide bonds. The molecule has 0 radical (unpaired) electrons. The van der Waals surface area contributed by atoms with Crippen molar-refractivity contribution in [2.75, 3.05) is 13.1 Å². The van der Waals surface area contributed by atoms with Gasteiger partial charge in [0.2, 0.25) is 0 Å². The summed E-state index contributed by atoms with van der Waals surface area (Å²) >= 11 is 9.18. The van der Waals surface area contributed by atoms with E-state index in [1.807, 2.05) is 38.7 Å². The van der Waals surface area contributed by atoms with Crippen LogP contribution in [0.5, 0.6) is 0 Å². The Balaban J connectivity index is 1.76. The van der Waals surface area contributed by atoms with Crippen LogP contribution in [0.4, 0.5) is 4.79 Å². The van der Waals surface area contributed by atoms with Crippen LogP contribution < -0.4 is 0 Å². The fourth-order valence-electron chi connectivity index (χ4n) is 1.91. The lowest BCUT2D eigenvalue weighted by molar-refractivity contribution is 0.0295. The highest BCUT2D eigenvalue weighted by molar-refractivity contribution is 7.99. The van der Waals surface area contributed by atoms with Crippen LogP contribution in [0, 0.1) is 0 Å². The van der Waals surface area contributed by atoms with Gasteiger partial charge in [0.1, 0.15) is 5.60 Å². The van der Waals surface area contributed by atoms with Crippen LogP contribution in [0.25, 0.3) is 0 Å². The third-order valence-electron chi connectivity index (χ3n) is 2.78. The molecule has 0 aliphatic carbocycles. The smallest absolute Gasteiger partial charge is 0.410 e. The number of likely N-dealkylation sites (tertiary alicyclic amines) is 1. The molecule has 1 saturated heterocycles. The van der Waals surface area contributed by atoms with Gasteiger partial charge >= 0.3 is 6.09 Å². The third-order valence-corrected chi connectivity index (χ3v) is 5.41. The number of rotatable bonds is 3. The lowest BCUT2D eigenvalue weighted by Gasteiger charge is -2.24. The van der Waals surface area contributed by atoms with Crippen LogP contribution in [0.2, 0.25) is 4.47 Å². The zero-order valence-corrected chi connectivity index (χ0v) is 14.3. The van der Waals surface area contributed by atoms with Crippen LogP contribution in [0.3, 0.4) is 0 Å². The Labute approximate surface area is 132 Å². The summed E-state index contributed by atoms with van der Waals surface area (Å²) in [5.41, 5.74) is -0.429. The summed E-state index contributed by atoms with van der Waals surface area (Å²) in [6, 6.07) is 0. The molecule has 0 unspecified atom stereocenters. The molecule has 2 rings (SSSR count). The molecule has 0 saturated carbocycles. The molecule has 20 heavy (non-hydrogen) atoms. The quantitative estimate of drug-likeness (QED) is 0.836. The van der Waals surface area contributed by atoms with Crippen molar-refractivity contribution in [1.82, 2.24) is 9.88 Å². The molecule has 4 nitrogen and oxygen atoms in total. The fourth-order valence-corrected chi connectivity index (χ4v) is 4.15. The molecule has 1 fully saturated rings. The lowest BCUT2D eigenvalue weighted by Crippen LogP contribution is -2.35. The van der Waals surface area contributed by atoms with Gasteiger partial charge in [-0.15, -0.1) is 11.3 Å². The van der Waals surface area contributed by atoms with E-state index < -0.39 is 5.60 Å². The maximum atomic E-state index is 12.0. The van der Waals surface area contributed by atoms with E-state index in [2.05, 4.69) is 4.98 Å². The van der Waals surface area contributed by atoms with E-state index in [9.17, 15) is 4.79 Å². The molecule has 7 heteroatoms. The number of carbonyl (C=O) groups is 1. The van der Waals surface area contributed by atoms with Crippen molar-refractivity contribution >= 4 is 40.8 Å². The van der Waals surface area contributed by atoms with Crippen LogP contribution in [0.15, 0.2) is 6.20 Å². The third kappa shape index (κ3) is 4.82. The Kier molecular flexibility index (Phi) is 5.20. The van der Waals surface area contributed by atoms with Gasteiger partial charge in [-0.05, 0) is 27.2 Å².